The molecule has 8 aromatic rings. The van der Waals surface area contributed by atoms with Crippen LogP contribution in [0.2, 0.25) is 0 Å². The van der Waals surface area contributed by atoms with E-state index in [0.29, 0.717) is 0 Å². The molecule has 0 aliphatic carbocycles. The Kier molecular flexibility index (Phi) is 20.1. The normalized spacial score (nSPS) is 21.2. The maximum absolute atomic E-state index is 14.8. The van der Waals surface area contributed by atoms with E-state index in [9.17, 15) is 33.6 Å². The van der Waals surface area contributed by atoms with Crippen LogP contribution in [0.3, 0.4) is 0 Å². The third-order valence-corrected chi connectivity index (χ3v) is 14.1. The molecule has 442 valence electrons. The summed E-state index contributed by atoms with van der Waals surface area (Å²) in [5.74, 6) is -8.71. The molecule has 0 amide bonds. The summed E-state index contributed by atoms with van der Waals surface area (Å²) < 4.78 is 71.1. The molecule has 8 aromatic carbocycles. The Bertz CT molecular complexity index is 3570. The topological polar surface area (TPSA) is 221 Å². The summed E-state index contributed by atoms with van der Waals surface area (Å²) in [5.41, 5.74) is 1.39. The molecule has 2 heterocycles. The van der Waals surface area contributed by atoms with Crippen LogP contribution in [0.5, 0.6) is 0 Å². The fraction of sp³-hybridized carbons (Fsp3) is 0.203. The predicted octanol–water partition coefficient (Wildman–Crippen LogP) is 9.92. The number of hydrogen-bond acceptors (Lipinski definition) is 18. The largest absolute Gasteiger partial charge is 0.459 e. The first-order valence-corrected chi connectivity index (χ1v) is 27.9. The fourth-order valence-electron chi connectivity index (χ4n) is 9.73. The van der Waals surface area contributed by atoms with Gasteiger partial charge in [-0.25, -0.2) is 33.6 Å². The van der Waals surface area contributed by atoms with Gasteiger partial charge < -0.3 is 52.1 Å². The van der Waals surface area contributed by atoms with Crippen LogP contribution in [0.1, 0.15) is 78.1 Å². The van der Waals surface area contributed by atoms with Gasteiger partial charge >= 0.3 is 41.8 Å². The van der Waals surface area contributed by atoms with Gasteiger partial charge in [-0.3, -0.25) is 0 Å². The number of carbonyl (C=O) groups is 7. The van der Waals surface area contributed by atoms with Crippen LogP contribution < -0.4 is 0 Å². The molecule has 18 nitrogen and oxygen atoms in total. The maximum atomic E-state index is 14.8. The zero-order valence-corrected chi connectivity index (χ0v) is 46.6. The molecule has 0 spiro atoms. The molecule has 0 bridgehead atoms. The molecule has 0 radical (unpaired) electrons. The predicted molar refractivity (Wildman–Crippen MR) is 310 cm³/mol. The molecule has 0 saturated carbocycles. The van der Waals surface area contributed by atoms with Gasteiger partial charge in [-0.2, -0.15) is 0 Å². The summed E-state index contributed by atoms with van der Waals surface area (Å²) in [4.78, 5) is 100. The van der Waals surface area contributed by atoms with Crippen LogP contribution in [0.25, 0.3) is 0 Å². The van der Waals surface area contributed by atoms with Crippen molar-refractivity contribution >= 4 is 41.8 Å². The smallest absolute Gasteiger partial charge is 0.338 e. The van der Waals surface area contributed by atoms with Crippen LogP contribution in [-0.4, -0.2) is 123 Å². The second kappa shape index (κ2) is 29.1. The van der Waals surface area contributed by atoms with Crippen LogP contribution >= 0.6 is 0 Å². The summed E-state index contributed by atoms with van der Waals surface area (Å²) in [7, 11) is 0. The van der Waals surface area contributed by atoms with Gasteiger partial charge in [0.2, 0.25) is 5.79 Å². The molecular formula is C69H58O18. The molecule has 2 aliphatic rings. The van der Waals surface area contributed by atoms with Crippen molar-refractivity contribution in [2.75, 3.05) is 26.4 Å². The van der Waals surface area contributed by atoms with E-state index in [2.05, 4.69) is 0 Å². The Morgan fingerprint density at radius 3 is 1.09 bits per heavy atom. The molecule has 2 aliphatic heterocycles. The van der Waals surface area contributed by atoms with Crippen molar-refractivity contribution in [1.29, 1.82) is 0 Å². The van der Waals surface area contributed by atoms with E-state index in [0.717, 1.165) is 5.56 Å². The summed E-state index contributed by atoms with van der Waals surface area (Å²) in [5, 5.41) is 0. The van der Waals surface area contributed by atoms with E-state index < -0.39 is 116 Å². The third kappa shape index (κ3) is 15.4. The van der Waals surface area contributed by atoms with Crippen LogP contribution in [-0.2, 0) is 58.5 Å². The van der Waals surface area contributed by atoms with Gasteiger partial charge in [0.25, 0.3) is 0 Å². The second-order valence-corrected chi connectivity index (χ2v) is 20.0. The minimum Gasteiger partial charge on any atom is -0.459 e. The van der Waals surface area contributed by atoms with Crippen molar-refractivity contribution in [3.63, 3.8) is 0 Å². The highest BCUT2D eigenvalue weighted by Gasteiger charge is 2.63. The quantitative estimate of drug-likeness (QED) is 0.0429. The van der Waals surface area contributed by atoms with Gasteiger partial charge in [0, 0.05) is 0 Å². The lowest BCUT2D eigenvalue weighted by Crippen LogP contribution is -2.64. The first-order chi connectivity index (χ1) is 42.5. The molecule has 2 saturated heterocycles. The SMILES string of the molecule is O=C(OC[C@H]1O[C@@H](O[C@@H]2[C@@H](COC(=O)c3ccccc3)O[C@](COC(=O)c3ccccc3)(OCCc3ccccc3)[C@H]2OC(=O)c2ccccc2)[C@H](OC(=O)c2ccccc2)[C@@H](OC(=O)c2ccccc2)[C@H]1OC(=O)c1ccccc1)c1ccccc1. The zero-order valence-electron chi connectivity index (χ0n) is 46.6. The molecule has 0 unspecified atom stereocenters. The van der Waals surface area contributed by atoms with Crippen LogP contribution in [0, 0.1) is 0 Å². The van der Waals surface area contributed by atoms with Crippen LogP contribution in [0.4, 0.5) is 0 Å². The monoisotopic (exact) mass is 1170 g/mol. The molecule has 2 fully saturated rings. The lowest BCUT2D eigenvalue weighted by atomic mass is 9.97. The van der Waals surface area contributed by atoms with Gasteiger partial charge in [0.1, 0.15) is 38.1 Å². The number of ether oxygens (including phenoxy) is 11. The lowest BCUT2D eigenvalue weighted by Gasteiger charge is -2.45. The second-order valence-electron chi connectivity index (χ2n) is 20.0. The molecule has 0 aromatic heterocycles. The molecule has 87 heavy (non-hydrogen) atoms. The van der Waals surface area contributed by atoms with Gasteiger partial charge in [0.15, 0.2) is 30.7 Å². The van der Waals surface area contributed by atoms with E-state index in [1.54, 1.807) is 127 Å². The van der Waals surface area contributed by atoms with E-state index >= 15 is 0 Å². The summed E-state index contributed by atoms with van der Waals surface area (Å²) in [6.45, 7) is -2.38. The van der Waals surface area contributed by atoms with E-state index in [1.807, 2.05) is 30.3 Å². The Morgan fingerprint density at radius 2 is 0.678 bits per heavy atom. The number of hydrogen-bond donors (Lipinski definition) is 0. The highest BCUT2D eigenvalue weighted by molar-refractivity contribution is 5.93. The number of rotatable bonds is 23. The Morgan fingerprint density at radius 1 is 0.345 bits per heavy atom. The summed E-state index contributed by atoms with van der Waals surface area (Å²) >= 11 is 0. The van der Waals surface area contributed by atoms with Crippen molar-refractivity contribution < 1.29 is 85.7 Å². The first kappa shape index (κ1) is 60.0. The standard InChI is InChI=1S/C69H58O18/c70-61(47-27-11-2-12-28-47)77-43-54-56(82-64(73)50-33-17-5-18-34-50)58(83-65(74)51-35-19-6-20-36-51)59(84-66(75)52-37-21-7-22-38-52)68(81-54)85-57-55(44-78-62(71)48-29-13-3-14-30-48)87-69(80-42-41-46-25-9-1-10-26-46,45-79-63(72)49-31-15-4-16-32-49)60(57)86-67(76)53-39-23-8-24-40-53/h1-40,54-60,68H,41-45H2/t54-,55-,56+,57-,58+,59-,60+,68+,69+/m1/s1. The van der Waals surface area contributed by atoms with Crippen molar-refractivity contribution in [3.8, 4) is 0 Å². The molecule has 0 N–H and O–H groups in total. The van der Waals surface area contributed by atoms with Crippen LogP contribution in [0.15, 0.2) is 243 Å². The third-order valence-electron chi connectivity index (χ3n) is 14.1. The Balaban J connectivity index is 1.13. The number of carbonyl (C=O) groups excluding carboxylic acids is 7. The molecule has 18 heteroatoms. The van der Waals surface area contributed by atoms with E-state index in [-0.39, 0.29) is 52.0 Å². The van der Waals surface area contributed by atoms with Gasteiger partial charge in [-0.15, -0.1) is 0 Å². The average Bonchev–Trinajstić information content (AvgIpc) is 1.86. The average molecular weight is 1180 g/mol. The van der Waals surface area contributed by atoms with Crippen molar-refractivity contribution in [2.45, 2.75) is 61.2 Å². The van der Waals surface area contributed by atoms with Gasteiger partial charge in [0.05, 0.1) is 45.6 Å². The fourth-order valence-corrected chi connectivity index (χ4v) is 9.73. The maximum Gasteiger partial charge on any atom is 0.338 e. The van der Waals surface area contributed by atoms with E-state index in [1.165, 1.54) is 84.9 Å². The molecular weight excluding hydrogens is 1120 g/mol. The number of esters is 7. The van der Waals surface area contributed by atoms with Crippen molar-refractivity contribution in [3.05, 3.63) is 287 Å². The highest BCUT2D eigenvalue weighted by atomic mass is 16.8. The highest BCUT2D eigenvalue weighted by Crippen LogP contribution is 2.42. The minimum absolute atomic E-state index is 0.0109. The Hall–Kier alpha value is -10.1. The molecule has 9 atom stereocenters. The minimum atomic E-state index is -2.35. The molecule has 10 rings (SSSR count). The summed E-state index contributed by atoms with van der Waals surface area (Å²) in [6, 6.07) is 64.6. The van der Waals surface area contributed by atoms with E-state index in [4.69, 9.17) is 52.1 Å². The van der Waals surface area contributed by atoms with Crippen molar-refractivity contribution in [1.82, 2.24) is 0 Å². The zero-order chi connectivity index (χ0) is 60.4. The van der Waals surface area contributed by atoms with Gasteiger partial charge in [-0.1, -0.05) is 158 Å². The number of benzene rings is 8. The first-order valence-electron chi connectivity index (χ1n) is 27.9. The Labute approximate surface area is 500 Å². The lowest BCUT2D eigenvalue weighted by molar-refractivity contribution is -0.316. The van der Waals surface area contributed by atoms with Crippen molar-refractivity contribution in [2.24, 2.45) is 0 Å². The van der Waals surface area contributed by atoms with Gasteiger partial charge in [-0.05, 0) is 96.9 Å². The summed E-state index contributed by atoms with van der Waals surface area (Å²) in [6.07, 6.45) is -14.3.